The zero-order valence-corrected chi connectivity index (χ0v) is 16.3. The van der Waals surface area contributed by atoms with Crippen LogP contribution in [0.25, 0.3) is 0 Å². The third-order valence-electron chi connectivity index (χ3n) is 4.53. The van der Waals surface area contributed by atoms with Gasteiger partial charge in [0.15, 0.2) is 0 Å². The van der Waals surface area contributed by atoms with Gasteiger partial charge in [0.1, 0.15) is 23.8 Å². The van der Waals surface area contributed by atoms with E-state index in [1.54, 1.807) is 42.8 Å². The minimum Gasteiger partial charge on any atom is -0.350 e. The van der Waals surface area contributed by atoms with E-state index in [1.807, 2.05) is 0 Å². The molecule has 2 heterocycles. The van der Waals surface area contributed by atoms with E-state index >= 15 is 0 Å². The fourth-order valence-electron chi connectivity index (χ4n) is 3.00. The molecular formula is C18H19N7O5. The topological polar surface area (TPSA) is 151 Å². The van der Waals surface area contributed by atoms with E-state index in [-0.39, 0.29) is 23.8 Å². The summed E-state index contributed by atoms with van der Waals surface area (Å²) in [5, 5.41) is 32.5. The van der Waals surface area contributed by atoms with Gasteiger partial charge in [-0.3, -0.25) is 34.4 Å². The number of nitro groups is 2. The first-order chi connectivity index (χ1) is 14.3. The van der Waals surface area contributed by atoms with Crippen molar-refractivity contribution in [2.24, 2.45) is 0 Å². The van der Waals surface area contributed by atoms with E-state index in [0.717, 1.165) is 11.8 Å². The number of aryl methyl sites for hydroxylation is 1. The molecule has 0 aliphatic heterocycles. The summed E-state index contributed by atoms with van der Waals surface area (Å²) >= 11 is 0. The van der Waals surface area contributed by atoms with Gasteiger partial charge in [-0.1, -0.05) is 12.1 Å². The molecular weight excluding hydrogens is 394 g/mol. The Labute approximate surface area is 170 Å². The first-order valence-electron chi connectivity index (χ1n) is 8.98. The number of benzene rings is 1. The number of aromatic nitrogens is 4. The molecule has 3 rings (SSSR count). The highest BCUT2D eigenvalue weighted by atomic mass is 16.6. The molecule has 0 spiro atoms. The molecule has 0 saturated carbocycles. The first-order valence-corrected chi connectivity index (χ1v) is 8.98. The van der Waals surface area contributed by atoms with Crippen LogP contribution in [0.5, 0.6) is 0 Å². The Hall–Kier alpha value is -4.09. The summed E-state index contributed by atoms with van der Waals surface area (Å²) in [7, 11) is 0. The SMILES string of the molecule is Cc1nn(Cc2ccc(C(=O)NCCn3cc([N+](=O)[O-])cn3)cc2)c(C)c1[N+](=O)[O-]. The Bertz CT molecular complexity index is 1100. The van der Waals surface area contributed by atoms with Crippen LogP contribution in [-0.2, 0) is 13.1 Å². The van der Waals surface area contributed by atoms with Gasteiger partial charge in [-0.05, 0) is 31.5 Å². The van der Waals surface area contributed by atoms with Crippen LogP contribution in [-0.4, -0.2) is 41.9 Å². The van der Waals surface area contributed by atoms with Crippen molar-refractivity contribution in [2.45, 2.75) is 26.9 Å². The highest BCUT2D eigenvalue weighted by molar-refractivity contribution is 5.94. The van der Waals surface area contributed by atoms with E-state index in [9.17, 15) is 25.0 Å². The Kier molecular flexibility index (Phi) is 5.85. The molecule has 0 aliphatic rings. The average Bonchev–Trinajstić information content (AvgIpc) is 3.27. The Morgan fingerprint density at radius 1 is 1.13 bits per heavy atom. The third kappa shape index (κ3) is 4.48. The maximum Gasteiger partial charge on any atom is 0.312 e. The van der Waals surface area contributed by atoms with Gasteiger partial charge < -0.3 is 5.32 Å². The van der Waals surface area contributed by atoms with Crippen molar-refractivity contribution in [1.82, 2.24) is 24.9 Å². The number of carbonyl (C=O) groups is 1. The number of carbonyl (C=O) groups excluding carboxylic acids is 1. The lowest BCUT2D eigenvalue weighted by atomic mass is 10.1. The van der Waals surface area contributed by atoms with Crippen LogP contribution in [0.3, 0.4) is 0 Å². The molecule has 30 heavy (non-hydrogen) atoms. The van der Waals surface area contributed by atoms with Crippen LogP contribution in [0.15, 0.2) is 36.7 Å². The van der Waals surface area contributed by atoms with Crippen molar-refractivity contribution in [3.05, 3.63) is 79.4 Å². The molecule has 1 amide bonds. The number of hydrogen-bond acceptors (Lipinski definition) is 7. The van der Waals surface area contributed by atoms with Crippen LogP contribution in [0.2, 0.25) is 0 Å². The molecule has 1 aromatic carbocycles. The highest BCUT2D eigenvalue weighted by Gasteiger charge is 2.21. The van der Waals surface area contributed by atoms with Gasteiger partial charge >= 0.3 is 11.4 Å². The normalized spacial score (nSPS) is 10.7. The van der Waals surface area contributed by atoms with Gasteiger partial charge in [0.05, 0.1) is 22.9 Å². The molecule has 12 heteroatoms. The Balaban J connectivity index is 1.57. The molecule has 0 unspecified atom stereocenters. The van der Waals surface area contributed by atoms with E-state index in [4.69, 9.17) is 0 Å². The summed E-state index contributed by atoms with van der Waals surface area (Å²) < 4.78 is 2.95. The summed E-state index contributed by atoms with van der Waals surface area (Å²) in [6, 6.07) is 6.83. The summed E-state index contributed by atoms with van der Waals surface area (Å²) in [6.45, 7) is 4.15. The summed E-state index contributed by atoms with van der Waals surface area (Å²) in [5.41, 5.74) is 2.02. The van der Waals surface area contributed by atoms with Crippen LogP contribution < -0.4 is 5.32 Å². The van der Waals surface area contributed by atoms with Crippen molar-refractivity contribution in [2.75, 3.05) is 6.54 Å². The lowest BCUT2D eigenvalue weighted by Gasteiger charge is -2.07. The maximum atomic E-state index is 12.3. The van der Waals surface area contributed by atoms with E-state index in [0.29, 0.717) is 30.0 Å². The van der Waals surface area contributed by atoms with Gasteiger partial charge in [0, 0.05) is 12.1 Å². The Morgan fingerprint density at radius 3 is 2.40 bits per heavy atom. The zero-order chi connectivity index (χ0) is 21.8. The molecule has 0 bridgehead atoms. The maximum absolute atomic E-state index is 12.3. The second-order valence-electron chi connectivity index (χ2n) is 6.61. The smallest absolute Gasteiger partial charge is 0.312 e. The second kappa shape index (κ2) is 8.51. The number of rotatable bonds is 8. The number of hydrogen-bond donors (Lipinski definition) is 1. The van der Waals surface area contributed by atoms with E-state index in [2.05, 4.69) is 15.5 Å². The molecule has 2 aromatic heterocycles. The largest absolute Gasteiger partial charge is 0.350 e. The van der Waals surface area contributed by atoms with Crippen molar-refractivity contribution >= 4 is 17.3 Å². The third-order valence-corrected chi connectivity index (χ3v) is 4.53. The molecule has 0 saturated heterocycles. The lowest BCUT2D eigenvalue weighted by molar-refractivity contribution is -0.386. The van der Waals surface area contributed by atoms with Crippen molar-refractivity contribution in [3.8, 4) is 0 Å². The number of nitrogens with one attached hydrogen (secondary N) is 1. The molecule has 12 nitrogen and oxygen atoms in total. The monoisotopic (exact) mass is 413 g/mol. The summed E-state index contributed by atoms with van der Waals surface area (Å²) in [4.78, 5) is 33.0. The first kappa shape index (κ1) is 20.6. The predicted octanol–water partition coefficient (Wildman–Crippen LogP) is 1.99. The summed E-state index contributed by atoms with van der Waals surface area (Å²) in [5.74, 6) is -0.287. The van der Waals surface area contributed by atoms with Crippen LogP contribution >= 0.6 is 0 Å². The summed E-state index contributed by atoms with van der Waals surface area (Å²) in [6.07, 6.45) is 2.45. The lowest BCUT2D eigenvalue weighted by Crippen LogP contribution is -2.27. The minimum absolute atomic E-state index is 0.00788. The quantitative estimate of drug-likeness (QED) is 0.438. The minimum atomic E-state index is -0.534. The van der Waals surface area contributed by atoms with Crippen molar-refractivity contribution < 1.29 is 14.6 Å². The Morgan fingerprint density at radius 2 is 1.83 bits per heavy atom. The molecule has 0 aliphatic carbocycles. The standard InChI is InChI=1S/C18H19N7O5/c1-12-17(25(29)30)13(2)23(21-12)10-14-3-5-15(6-4-14)18(26)19-7-8-22-11-16(9-20-22)24(27)28/h3-6,9,11H,7-8,10H2,1-2H3,(H,19,26). The molecule has 0 fully saturated rings. The molecule has 0 radical (unpaired) electrons. The molecule has 1 N–H and O–H groups in total. The van der Waals surface area contributed by atoms with E-state index < -0.39 is 9.85 Å². The van der Waals surface area contributed by atoms with Crippen LogP contribution in [0.4, 0.5) is 11.4 Å². The highest BCUT2D eigenvalue weighted by Crippen LogP contribution is 2.22. The molecule has 3 aromatic rings. The number of amides is 1. The number of nitrogens with zero attached hydrogens (tertiary/aromatic N) is 6. The van der Waals surface area contributed by atoms with Crippen molar-refractivity contribution in [3.63, 3.8) is 0 Å². The van der Waals surface area contributed by atoms with Gasteiger partial charge in [-0.2, -0.15) is 10.2 Å². The fourth-order valence-corrected chi connectivity index (χ4v) is 3.00. The van der Waals surface area contributed by atoms with Crippen LogP contribution in [0.1, 0.15) is 27.3 Å². The van der Waals surface area contributed by atoms with Crippen LogP contribution in [0, 0.1) is 34.1 Å². The average molecular weight is 413 g/mol. The predicted molar refractivity (Wildman–Crippen MR) is 105 cm³/mol. The zero-order valence-electron chi connectivity index (χ0n) is 16.3. The second-order valence-corrected chi connectivity index (χ2v) is 6.61. The fraction of sp³-hybridized carbons (Fsp3) is 0.278. The van der Waals surface area contributed by atoms with Gasteiger partial charge in [-0.15, -0.1) is 0 Å². The van der Waals surface area contributed by atoms with Crippen molar-refractivity contribution in [1.29, 1.82) is 0 Å². The van der Waals surface area contributed by atoms with Gasteiger partial charge in [-0.25, -0.2) is 0 Å². The molecule has 0 atom stereocenters. The van der Waals surface area contributed by atoms with Gasteiger partial charge in [0.2, 0.25) is 0 Å². The van der Waals surface area contributed by atoms with E-state index in [1.165, 1.54) is 10.9 Å². The molecule has 156 valence electrons. The van der Waals surface area contributed by atoms with Gasteiger partial charge in [0.25, 0.3) is 5.91 Å².